The molecule has 0 N–H and O–H groups in total. The SMILES string of the molecule is C/C=C\CCOc1ccc(-c2ccc(-c3ccc(C4OCC(CCCCCCCC)CO4)cc3F)cc2)c(F)c1F. The molecule has 1 fully saturated rings. The van der Waals surface area contributed by atoms with Crippen LogP contribution in [0.2, 0.25) is 0 Å². The van der Waals surface area contributed by atoms with Gasteiger partial charge in [-0.25, -0.2) is 8.78 Å². The lowest BCUT2D eigenvalue weighted by atomic mass is 9.98. The molecule has 4 rings (SSSR count). The number of rotatable bonds is 14. The van der Waals surface area contributed by atoms with Crippen LogP contribution in [0.25, 0.3) is 22.3 Å². The predicted octanol–water partition coefficient (Wildman–Crippen LogP) is 10.2. The van der Waals surface area contributed by atoms with E-state index in [4.69, 9.17) is 14.2 Å². The van der Waals surface area contributed by atoms with E-state index in [0.29, 0.717) is 47.8 Å². The van der Waals surface area contributed by atoms with E-state index in [1.54, 1.807) is 30.3 Å². The molecule has 6 heteroatoms. The Morgan fingerprint density at radius 2 is 1.46 bits per heavy atom. The fraction of sp³-hybridized carbons (Fsp3) is 0.429. The molecular weight excluding hydrogens is 525 g/mol. The molecule has 0 aromatic heterocycles. The molecule has 3 aromatic rings. The molecule has 0 spiro atoms. The minimum atomic E-state index is -1.02. The van der Waals surface area contributed by atoms with Gasteiger partial charge in [-0.2, -0.15) is 4.39 Å². The zero-order valence-electron chi connectivity index (χ0n) is 24.1. The molecule has 1 heterocycles. The number of unbranched alkanes of at least 4 members (excludes halogenated alkanes) is 5. The molecule has 1 aliphatic heterocycles. The lowest BCUT2D eigenvalue weighted by Gasteiger charge is -2.29. The number of benzene rings is 3. The normalized spacial score (nSPS) is 17.3. The zero-order valence-corrected chi connectivity index (χ0v) is 24.1. The maximum atomic E-state index is 15.2. The van der Waals surface area contributed by atoms with E-state index in [2.05, 4.69) is 6.92 Å². The highest BCUT2D eigenvalue weighted by atomic mass is 19.2. The Morgan fingerprint density at radius 1 is 0.805 bits per heavy atom. The van der Waals surface area contributed by atoms with Gasteiger partial charge in [-0.1, -0.05) is 94.0 Å². The summed E-state index contributed by atoms with van der Waals surface area (Å²) >= 11 is 0. The topological polar surface area (TPSA) is 27.7 Å². The molecule has 0 atom stereocenters. The van der Waals surface area contributed by atoms with Gasteiger partial charge in [0.15, 0.2) is 17.9 Å². The van der Waals surface area contributed by atoms with Crippen LogP contribution < -0.4 is 4.74 Å². The lowest BCUT2D eigenvalue weighted by Crippen LogP contribution is -2.27. The molecule has 41 heavy (non-hydrogen) atoms. The number of halogens is 3. The highest BCUT2D eigenvalue weighted by Crippen LogP contribution is 2.34. The summed E-state index contributed by atoms with van der Waals surface area (Å²) < 4.78 is 61.8. The van der Waals surface area contributed by atoms with Crippen LogP contribution in [0.5, 0.6) is 5.75 Å². The van der Waals surface area contributed by atoms with E-state index in [1.165, 1.54) is 56.7 Å². The monoisotopic (exact) mass is 566 g/mol. The van der Waals surface area contributed by atoms with Gasteiger partial charge in [0.25, 0.3) is 0 Å². The van der Waals surface area contributed by atoms with Gasteiger partial charge in [0, 0.05) is 22.6 Å². The van der Waals surface area contributed by atoms with E-state index < -0.39 is 23.7 Å². The first kappa shape index (κ1) is 30.9. The van der Waals surface area contributed by atoms with Crippen LogP contribution in [0.4, 0.5) is 13.2 Å². The molecule has 1 aliphatic rings. The summed E-state index contributed by atoms with van der Waals surface area (Å²) in [6.07, 6.45) is 12.5. The van der Waals surface area contributed by atoms with Crippen LogP contribution >= 0.6 is 0 Å². The molecule has 1 saturated heterocycles. The lowest BCUT2D eigenvalue weighted by molar-refractivity contribution is -0.206. The van der Waals surface area contributed by atoms with Crippen LogP contribution in [-0.2, 0) is 9.47 Å². The zero-order chi connectivity index (χ0) is 29.0. The minimum Gasteiger partial charge on any atom is -0.490 e. The van der Waals surface area contributed by atoms with Crippen molar-refractivity contribution in [3.63, 3.8) is 0 Å². The molecule has 3 aromatic carbocycles. The van der Waals surface area contributed by atoms with Gasteiger partial charge in [0.2, 0.25) is 5.82 Å². The first-order chi connectivity index (χ1) is 20.0. The van der Waals surface area contributed by atoms with Crippen molar-refractivity contribution in [1.82, 2.24) is 0 Å². The summed E-state index contributed by atoms with van der Waals surface area (Å²) in [7, 11) is 0. The van der Waals surface area contributed by atoms with Gasteiger partial charge in [-0.05, 0) is 49.1 Å². The van der Waals surface area contributed by atoms with Crippen molar-refractivity contribution < 1.29 is 27.4 Å². The third-order valence-electron chi connectivity index (χ3n) is 7.53. The number of ether oxygens (including phenoxy) is 3. The van der Waals surface area contributed by atoms with E-state index in [-0.39, 0.29) is 17.9 Å². The Morgan fingerprint density at radius 3 is 2.15 bits per heavy atom. The van der Waals surface area contributed by atoms with Crippen LogP contribution in [0.15, 0.2) is 66.7 Å². The van der Waals surface area contributed by atoms with E-state index in [1.807, 2.05) is 25.1 Å². The van der Waals surface area contributed by atoms with Gasteiger partial charge < -0.3 is 14.2 Å². The first-order valence-corrected chi connectivity index (χ1v) is 14.9. The number of hydrogen-bond acceptors (Lipinski definition) is 3. The highest BCUT2D eigenvalue weighted by Gasteiger charge is 2.24. The second-order valence-corrected chi connectivity index (χ2v) is 10.7. The summed E-state index contributed by atoms with van der Waals surface area (Å²) in [5.74, 6) is -2.12. The summed E-state index contributed by atoms with van der Waals surface area (Å²) in [6, 6.07) is 14.6. The predicted molar refractivity (Wildman–Crippen MR) is 158 cm³/mol. The van der Waals surface area contributed by atoms with Gasteiger partial charge in [-0.3, -0.25) is 0 Å². The molecule has 0 aliphatic carbocycles. The smallest absolute Gasteiger partial charge is 0.201 e. The van der Waals surface area contributed by atoms with Crippen LogP contribution in [0.3, 0.4) is 0 Å². The highest BCUT2D eigenvalue weighted by molar-refractivity contribution is 5.71. The van der Waals surface area contributed by atoms with Crippen LogP contribution in [-0.4, -0.2) is 19.8 Å². The third kappa shape index (κ3) is 8.46. The maximum Gasteiger partial charge on any atom is 0.201 e. The van der Waals surface area contributed by atoms with Crippen molar-refractivity contribution in [2.24, 2.45) is 5.92 Å². The van der Waals surface area contributed by atoms with Gasteiger partial charge in [0.1, 0.15) is 5.82 Å². The molecule has 0 radical (unpaired) electrons. The summed E-state index contributed by atoms with van der Waals surface area (Å²) in [5, 5.41) is 0. The molecule has 3 nitrogen and oxygen atoms in total. The Labute approximate surface area is 242 Å². The standard InChI is InChI=1S/C35H41F3O3/c1-3-5-7-8-9-10-12-25-23-40-35(41-24-25)28-17-18-29(31(36)22-28)26-13-15-27(16-14-26)30-19-20-32(34(38)33(30)37)39-21-11-6-4-2/h4,6,13-20,22,25,35H,3,5,7-12,21,23-24H2,1-2H3/b6-4-. The second kappa shape index (κ2) is 15.8. The van der Waals surface area contributed by atoms with Crippen molar-refractivity contribution in [3.8, 4) is 28.0 Å². The van der Waals surface area contributed by atoms with Crippen molar-refractivity contribution in [2.75, 3.05) is 19.8 Å². The van der Waals surface area contributed by atoms with E-state index >= 15 is 4.39 Å². The summed E-state index contributed by atoms with van der Waals surface area (Å²) in [4.78, 5) is 0. The summed E-state index contributed by atoms with van der Waals surface area (Å²) in [5.41, 5.74) is 2.29. The molecule has 0 unspecified atom stereocenters. The van der Waals surface area contributed by atoms with Crippen molar-refractivity contribution in [2.45, 2.75) is 71.5 Å². The number of hydrogen-bond donors (Lipinski definition) is 0. The van der Waals surface area contributed by atoms with Crippen molar-refractivity contribution in [1.29, 1.82) is 0 Å². The van der Waals surface area contributed by atoms with Gasteiger partial charge in [-0.15, -0.1) is 0 Å². The van der Waals surface area contributed by atoms with Crippen molar-refractivity contribution >= 4 is 0 Å². The Bertz CT molecular complexity index is 1260. The Balaban J connectivity index is 1.34. The van der Waals surface area contributed by atoms with Crippen LogP contribution in [0.1, 0.15) is 77.1 Å². The fourth-order valence-corrected chi connectivity index (χ4v) is 5.13. The van der Waals surface area contributed by atoms with E-state index in [9.17, 15) is 8.78 Å². The first-order valence-electron chi connectivity index (χ1n) is 14.9. The van der Waals surface area contributed by atoms with Crippen LogP contribution in [0, 0.1) is 23.4 Å². The van der Waals surface area contributed by atoms with Crippen molar-refractivity contribution in [3.05, 3.63) is 89.8 Å². The quantitative estimate of drug-likeness (QED) is 0.144. The average molecular weight is 567 g/mol. The van der Waals surface area contributed by atoms with Gasteiger partial charge >= 0.3 is 0 Å². The minimum absolute atomic E-state index is 0.117. The molecule has 0 bridgehead atoms. The van der Waals surface area contributed by atoms with Gasteiger partial charge in [0.05, 0.1) is 19.8 Å². The van der Waals surface area contributed by atoms with E-state index in [0.717, 1.165) is 6.42 Å². The molecule has 0 amide bonds. The average Bonchev–Trinajstić information content (AvgIpc) is 3.00. The summed E-state index contributed by atoms with van der Waals surface area (Å²) in [6.45, 7) is 5.60. The molecule has 220 valence electrons. The Kier molecular flexibility index (Phi) is 11.9. The molecular formula is C35H41F3O3. The second-order valence-electron chi connectivity index (χ2n) is 10.7. The number of allylic oxidation sites excluding steroid dienone is 1. The maximum absolute atomic E-state index is 15.2. The molecule has 0 saturated carbocycles. The Hall–Kier alpha value is -3.09. The third-order valence-corrected chi connectivity index (χ3v) is 7.53. The largest absolute Gasteiger partial charge is 0.490 e. The fourth-order valence-electron chi connectivity index (χ4n) is 5.13.